The number of methoxy groups -OCH3 is 1. The van der Waals surface area contributed by atoms with Crippen LogP contribution < -0.4 is 14.5 Å². The van der Waals surface area contributed by atoms with E-state index < -0.39 is 0 Å². The summed E-state index contributed by atoms with van der Waals surface area (Å²) < 4.78 is 5.90. The highest BCUT2D eigenvalue weighted by atomic mass is 32.2. The van der Waals surface area contributed by atoms with Crippen LogP contribution in [0.4, 0.5) is 11.4 Å². The number of thiocarbonyl (C=S) groups is 1. The first-order chi connectivity index (χ1) is 13.2. The van der Waals surface area contributed by atoms with Crippen LogP contribution in [0.1, 0.15) is 18.4 Å². The third-order valence-electron chi connectivity index (χ3n) is 4.78. The summed E-state index contributed by atoms with van der Waals surface area (Å²) in [5, 5.41) is 0. The van der Waals surface area contributed by atoms with Gasteiger partial charge in [-0.15, -0.1) is 0 Å². The van der Waals surface area contributed by atoms with Gasteiger partial charge in [0.1, 0.15) is 5.75 Å². The van der Waals surface area contributed by atoms with Gasteiger partial charge in [0.05, 0.1) is 17.7 Å². The summed E-state index contributed by atoms with van der Waals surface area (Å²) in [6, 6.07) is 15.8. The molecule has 0 unspecified atom stereocenters. The van der Waals surface area contributed by atoms with Crippen LogP contribution in [-0.2, 0) is 4.79 Å². The van der Waals surface area contributed by atoms with Crippen molar-refractivity contribution in [2.75, 3.05) is 30.0 Å². The average Bonchev–Trinajstić information content (AvgIpc) is 3.31. The lowest BCUT2D eigenvalue weighted by Crippen LogP contribution is -2.27. The summed E-state index contributed by atoms with van der Waals surface area (Å²) >= 11 is 6.78. The van der Waals surface area contributed by atoms with Crippen LogP contribution in [0.25, 0.3) is 6.08 Å². The van der Waals surface area contributed by atoms with Crippen molar-refractivity contribution < 1.29 is 9.53 Å². The van der Waals surface area contributed by atoms with Gasteiger partial charge in [-0.25, -0.2) is 0 Å². The second-order valence-corrected chi connectivity index (χ2v) is 8.15. The standard InChI is InChI=1S/C21H20N2O2S2/c1-25-18-7-3-2-6-17(18)23-20(24)19(27-21(23)26)14-15-8-10-16(11-9-15)22-12-4-5-13-22/h2-3,6-11,14H,4-5,12-13H2,1H3/b19-14+. The smallest absolute Gasteiger partial charge is 0.270 e. The third kappa shape index (κ3) is 3.59. The Hall–Kier alpha value is -2.31. The summed E-state index contributed by atoms with van der Waals surface area (Å²) in [6.07, 6.45) is 4.42. The Morgan fingerprint density at radius 2 is 1.78 bits per heavy atom. The number of carbonyl (C=O) groups is 1. The highest BCUT2D eigenvalue weighted by molar-refractivity contribution is 8.27. The average molecular weight is 397 g/mol. The summed E-state index contributed by atoms with van der Waals surface area (Å²) in [6.45, 7) is 2.24. The summed E-state index contributed by atoms with van der Waals surface area (Å²) in [5.74, 6) is 0.517. The number of hydrogen-bond acceptors (Lipinski definition) is 5. The molecule has 0 atom stereocenters. The molecule has 2 aliphatic rings. The minimum Gasteiger partial charge on any atom is -0.495 e. The fourth-order valence-corrected chi connectivity index (χ4v) is 4.68. The van der Waals surface area contributed by atoms with Crippen LogP contribution in [0.3, 0.4) is 0 Å². The molecule has 27 heavy (non-hydrogen) atoms. The predicted octanol–water partition coefficient (Wildman–Crippen LogP) is 4.70. The van der Waals surface area contributed by atoms with Crippen LogP contribution in [-0.4, -0.2) is 30.4 Å². The van der Waals surface area contributed by atoms with Gasteiger partial charge in [-0.05, 0) is 48.7 Å². The van der Waals surface area contributed by atoms with Gasteiger partial charge in [-0.1, -0.05) is 48.2 Å². The van der Waals surface area contributed by atoms with Gasteiger partial charge in [0.15, 0.2) is 4.32 Å². The van der Waals surface area contributed by atoms with Crippen LogP contribution in [0.5, 0.6) is 5.75 Å². The molecular formula is C21H20N2O2S2. The molecule has 2 aliphatic heterocycles. The van der Waals surface area contributed by atoms with E-state index in [1.165, 1.54) is 30.3 Å². The number of carbonyl (C=O) groups excluding carboxylic acids is 1. The highest BCUT2D eigenvalue weighted by Crippen LogP contribution is 2.39. The molecule has 2 heterocycles. The molecule has 4 nitrogen and oxygen atoms in total. The van der Waals surface area contributed by atoms with Gasteiger partial charge in [0, 0.05) is 18.8 Å². The Morgan fingerprint density at radius 3 is 2.48 bits per heavy atom. The maximum atomic E-state index is 13.0. The quantitative estimate of drug-likeness (QED) is 0.552. The van der Waals surface area contributed by atoms with Gasteiger partial charge < -0.3 is 9.64 Å². The van der Waals surface area contributed by atoms with E-state index in [0.717, 1.165) is 18.7 Å². The van der Waals surface area contributed by atoms with Crippen LogP contribution >= 0.6 is 24.0 Å². The summed E-state index contributed by atoms with van der Waals surface area (Å²) in [4.78, 5) is 17.5. The Balaban J connectivity index is 1.58. The largest absolute Gasteiger partial charge is 0.495 e. The van der Waals surface area contributed by atoms with E-state index in [1.54, 1.807) is 12.0 Å². The number of benzene rings is 2. The number of ether oxygens (including phenoxy) is 1. The number of para-hydroxylation sites is 2. The molecule has 1 amide bonds. The SMILES string of the molecule is COc1ccccc1N1C(=O)/C(=C\c2ccc(N3CCCC3)cc2)SC1=S. The molecule has 0 saturated carbocycles. The van der Waals surface area contributed by atoms with Crippen molar-refractivity contribution >= 4 is 51.7 Å². The molecule has 0 radical (unpaired) electrons. The maximum absolute atomic E-state index is 13.0. The van der Waals surface area contributed by atoms with Crippen LogP contribution in [0, 0.1) is 0 Å². The highest BCUT2D eigenvalue weighted by Gasteiger charge is 2.34. The molecule has 0 N–H and O–H groups in total. The van der Waals surface area contributed by atoms with E-state index in [1.807, 2.05) is 30.3 Å². The van der Waals surface area contributed by atoms with Gasteiger partial charge in [0.2, 0.25) is 0 Å². The molecule has 4 rings (SSSR count). The van der Waals surface area contributed by atoms with Gasteiger partial charge in [0.25, 0.3) is 5.91 Å². The maximum Gasteiger partial charge on any atom is 0.270 e. The zero-order chi connectivity index (χ0) is 18.8. The molecule has 2 aromatic rings. The number of rotatable bonds is 4. The molecule has 0 aromatic heterocycles. The fraction of sp³-hybridized carbons (Fsp3) is 0.238. The number of thioether (sulfide) groups is 1. The lowest BCUT2D eigenvalue weighted by Gasteiger charge is -2.17. The molecule has 0 aliphatic carbocycles. The first kappa shape index (κ1) is 18.1. The molecule has 2 aromatic carbocycles. The molecule has 2 fully saturated rings. The monoisotopic (exact) mass is 396 g/mol. The third-order valence-corrected chi connectivity index (χ3v) is 6.08. The van der Waals surface area contributed by atoms with E-state index in [9.17, 15) is 4.79 Å². The molecule has 0 bridgehead atoms. The zero-order valence-electron chi connectivity index (χ0n) is 15.1. The lowest BCUT2D eigenvalue weighted by molar-refractivity contribution is -0.113. The van der Waals surface area contributed by atoms with E-state index in [2.05, 4.69) is 29.2 Å². The topological polar surface area (TPSA) is 32.8 Å². The van der Waals surface area contributed by atoms with Crippen molar-refractivity contribution in [3.63, 3.8) is 0 Å². The number of nitrogens with zero attached hydrogens (tertiary/aromatic N) is 2. The van der Waals surface area contributed by atoms with E-state index in [-0.39, 0.29) is 5.91 Å². The molecule has 0 spiro atoms. The van der Waals surface area contributed by atoms with Crippen molar-refractivity contribution in [2.45, 2.75) is 12.8 Å². The van der Waals surface area contributed by atoms with Crippen molar-refractivity contribution in [1.29, 1.82) is 0 Å². The van der Waals surface area contributed by atoms with Crippen LogP contribution in [0.15, 0.2) is 53.4 Å². The summed E-state index contributed by atoms with van der Waals surface area (Å²) in [5.41, 5.74) is 2.92. The minimum atomic E-state index is -0.113. The molecule has 2 saturated heterocycles. The van der Waals surface area contributed by atoms with Crippen molar-refractivity contribution in [3.8, 4) is 5.75 Å². The molecular weight excluding hydrogens is 376 g/mol. The molecule has 138 valence electrons. The summed E-state index contributed by atoms with van der Waals surface area (Å²) in [7, 11) is 1.59. The number of amides is 1. The van der Waals surface area contributed by atoms with E-state index in [0.29, 0.717) is 20.7 Å². The minimum absolute atomic E-state index is 0.113. The van der Waals surface area contributed by atoms with Crippen molar-refractivity contribution in [3.05, 3.63) is 59.0 Å². The van der Waals surface area contributed by atoms with Crippen molar-refractivity contribution in [2.24, 2.45) is 0 Å². The van der Waals surface area contributed by atoms with E-state index in [4.69, 9.17) is 17.0 Å². The second kappa shape index (κ2) is 7.74. The van der Waals surface area contributed by atoms with Gasteiger partial charge >= 0.3 is 0 Å². The number of hydrogen-bond donors (Lipinski definition) is 0. The van der Waals surface area contributed by atoms with Crippen molar-refractivity contribution in [1.82, 2.24) is 0 Å². The predicted molar refractivity (Wildman–Crippen MR) is 117 cm³/mol. The first-order valence-electron chi connectivity index (χ1n) is 8.93. The number of anilines is 2. The Morgan fingerprint density at radius 1 is 1.07 bits per heavy atom. The Bertz CT molecular complexity index is 903. The fourth-order valence-electron chi connectivity index (χ4n) is 3.40. The zero-order valence-corrected chi connectivity index (χ0v) is 16.7. The molecule has 6 heteroatoms. The van der Waals surface area contributed by atoms with Gasteiger partial charge in [-0.3, -0.25) is 9.69 Å². The normalized spacial score (nSPS) is 18.6. The van der Waals surface area contributed by atoms with E-state index >= 15 is 0 Å². The second-order valence-electron chi connectivity index (χ2n) is 6.47. The van der Waals surface area contributed by atoms with Crippen LogP contribution in [0.2, 0.25) is 0 Å². The Kier molecular flexibility index (Phi) is 5.18. The first-order valence-corrected chi connectivity index (χ1v) is 10.2. The Labute approximate surface area is 168 Å². The lowest BCUT2D eigenvalue weighted by atomic mass is 10.1. The van der Waals surface area contributed by atoms with Gasteiger partial charge in [-0.2, -0.15) is 0 Å².